The number of hydrogen-bond donors (Lipinski definition) is 2. The first-order chi connectivity index (χ1) is 9.85. The molecule has 6 heteroatoms. The van der Waals surface area contributed by atoms with Gasteiger partial charge in [0.1, 0.15) is 0 Å². The normalized spacial score (nSPS) is 26.8. The monoisotopic (exact) mass is 318 g/mol. The number of aliphatic hydroxyl groups excluding tert-OH is 1. The lowest BCUT2D eigenvalue weighted by Crippen LogP contribution is -2.24. The molecule has 0 aromatic heterocycles. The molecule has 2 N–H and O–H groups in total. The molecule has 1 aliphatic carbocycles. The van der Waals surface area contributed by atoms with Crippen LogP contribution in [0.4, 0.5) is 8.78 Å². The van der Waals surface area contributed by atoms with Crippen LogP contribution in [0.1, 0.15) is 37.9 Å². The van der Waals surface area contributed by atoms with Crippen molar-refractivity contribution in [3.63, 3.8) is 0 Å². The van der Waals surface area contributed by atoms with Gasteiger partial charge < -0.3 is 10.2 Å². The Kier molecular flexibility index (Phi) is 4.84. The number of carbonyl (C=O) groups is 1. The molecule has 116 valence electrons. The lowest BCUT2D eigenvalue weighted by atomic mass is 9.87. The first kappa shape index (κ1) is 16.2. The molecule has 0 heterocycles. The van der Waals surface area contributed by atoms with Gasteiger partial charge in [-0.15, -0.1) is 0 Å². The van der Waals surface area contributed by atoms with Gasteiger partial charge in [-0.2, -0.15) is 0 Å². The van der Waals surface area contributed by atoms with Gasteiger partial charge in [-0.25, -0.2) is 8.78 Å². The minimum Gasteiger partial charge on any atom is -0.481 e. The van der Waals surface area contributed by atoms with Crippen molar-refractivity contribution < 1.29 is 23.8 Å². The van der Waals surface area contributed by atoms with Crippen LogP contribution in [0.15, 0.2) is 12.1 Å². The van der Waals surface area contributed by atoms with Gasteiger partial charge in [0.15, 0.2) is 11.6 Å². The van der Waals surface area contributed by atoms with Crippen LogP contribution < -0.4 is 0 Å². The van der Waals surface area contributed by atoms with Crippen LogP contribution in [0.2, 0.25) is 5.02 Å². The highest BCUT2D eigenvalue weighted by molar-refractivity contribution is 6.31. The summed E-state index contributed by atoms with van der Waals surface area (Å²) in [5.74, 6) is -4.22. The summed E-state index contributed by atoms with van der Waals surface area (Å²) in [6.07, 6.45) is 0.613. The standard InChI is InChI=1S/C15H17ClF2O3/c1-2-7-3-8(9(4-7)15(20)21)14(19)10-5-12(17)13(18)6-11(10)16/h5-9,14,19H,2-4H2,1H3,(H,20,21). The largest absolute Gasteiger partial charge is 0.481 e. The molecular weight excluding hydrogens is 302 g/mol. The van der Waals surface area contributed by atoms with Gasteiger partial charge in [0.05, 0.1) is 12.0 Å². The molecule has 3 nitrogen and oxygen atoms in total. The minimum absolute atomic E-state index is 0.0450. The van der Waals surface area contributed by atoms with Crippen LogP contribution in [0.5, 0.6) is 0 Å². The Morgan fingerprint density at radius 2 is 2.00 bits per heavy atom. The molecule has 0 amide bonds. The van der Waals surface area contributed by atoms with Gasteiger partial charge in [-0.05, 0) is 30.9 Å². The lowest BCUT2D eigenvalue weighted by molar-refractivity contribution is -0.144. The first-order valence-electron chi connectivity index (χ1n) is 6.90. The van der Waals surface area contributed by atoms with Crippen molar-refractivity contribution in [3.05, 3.63) is 34.4 Å². The smallest absolute Gasteiger partial charge is 0.306 e. The number of hydrogen-bond acceptors (Lipinski definition) is 2. The molecule has 2 rings (SSSR count). The number of rotatable bonds is 4. The second kappa shape index (κ2) is 6.28. The zero-order valence-electron chi connectivity index (χ0n) is 11.5. The molecule has 4 atom stereocenters. The maximum atomic E-state index is 13.3. The van der Waals surface area contributed by atoms with E-state index in [2.05, 4.69) is 0 Å². The van der Waals surface area contributed by atoms with E-state index in [-0.39, 0.29) is 16.5 Å². The van der Waals surface area contributed by atoms with E-state index in [1.165, 1.54) is 0 Å². The van der Waals surface area contributed by atoms with Crippen LogP contribution in [0, 0.1) is 29.4 Å². The molecule has 0 radical (unpaired) electrons. The summed E-state index contributed by atoms with van der Waals surface area (Å²) in [6.45, 7) is 1.96. The van der Waals surface area contributed by atoms with E-state index in [9.17, 15) is 23.8 Å². The molecule has 1 fully saturated rings. The van der Waals surface area contributed by atoms with Gasteiger partial charge in [0.25, 0.3) is 0 Å². The van der Waals surface area contributed by atoms with Gasteiger partial charge in [0, 0.05) is 16.5 Å². The van der Waals surface area contributed by atoms with Gasteiger partial charge in [0.2, 0.25) is 0 Å². The van der Waals surface area contributed by atoms with Crippen molar-refractivity contribution in [2.45, 2.75) is 32.3 Å². The second-order valence-electron chi connectivity index (χ2n) is 5.59. The number of benzene rings is 1. The molecule has 0 saturated heterocycles. The maximum absolute atomic E-state index is 13.3. The molecule has 1 aliphatic rings. The van der Waals surface area contributed by atoms with E-state index in [4.69, 9.17) is 11.6 Å². The average Bonchev–Trinajstić information content (AvgIpc) is 2.86. The van der Waals surface area contributed by atoms with Gasteiger partial charge in [-0.3, -0.25) is 4.79 Å². The van der Waals surface area contributed by atoms with Crippen molar-refractivity contribution in [1.29, 1.82) is 0 Å². The van der Waals surface area contributed by atoms with E-state index in [1.807, 2.05) is 6.92 Å². The summed E-state index contributed by atoms with van der Waals surface area (Å²) in [4.78, 5) is 11.3. The number of carboxylic acid groups (broad SMARTS) is 1. The average molecular weight is 319 g/mol. The first-order valence-corrected chi connectivity index (χ1v) is 7.28. The molecule has 1 aromatic rings. The predicted octanol–water partition coefficient (Wildman–Crippen LogP) is 3.79. The molecule has 1 saturated carbocycles. The Bertz CT molecular complexity index is 550. The van der Waals surface area contributed by atoms with Crippen LogP contribution in [-0.2, 0) is 4.79 Å². The molecule has 0 spiro atoms. The van der Waals surface area contributed by atoms with E-state index in [0.29, 0.717) is 12.8 Å². The van der Waals surface area contributed by atoms with Gasteiger partial charge >= 0.3 is 5.97 Å². The van der Waals surface area contributed by atoms with Crippen LogP contribution >= 0.6 is 11.6 Å². The van der Waals surface area contributed by atoms with Crippen LogP contribution in [0.25, 0.3) is 0 Å². The van der Waals surface area contributed by atoms with Crippen LogP contribution in [-0.4, -0.2) is 16.2 Å². The number of aliphatic hydroxyl groups is 1. The number of carboxylic acids is 1. The zero-order chi connectivity index (χ0) is 15.7. The van der Waals surface area contributed by atoms with E-state index in [0.717, 1.165) is 18.6 Å². The van der Waals surface area contributed by atoms with Crippen molar-refractivity contribution in [1.82, 2.24) is 0 Å². The summed E-state index contributed by atoms with van der Waals surface area (Å²) in [5, 5.41) is 19.6. The zero-order valence-corrected chi connectivity index (χ0v) is 12.3. The summed E-state index contributed by atoms with van der Waals surface area (Å²) in [6, 6.07) is 1.65. The summed E-state index contributed by atoms with van der Waals surface area (Å²) >= 11 is 5.86. The second-order valence-corrected chi connectivity index (χ2v) is 5.99. The van der Waals surface area contributed by atoms with Gasteiger partial charge in [-0.1, -0.05) is 24.9 Å². The number of halogens is 3. The minimum atomic E-state index is -1.22. The van der Waals surface area contributed by atoms with Crippen molar-refractivity contribution >= 4 is 17.6 Å². The summed E-state index contributed by atoms with van der Waals surface area (Å²) in [5.41, 5.74) is 0.0450. The fraction of sp³-hybridized carbons (Fsp3) is 0.533. The van der Waals surface area contributed by atoms with Crippen molar-refractivity contribution in [2.75, 3.05) is 0 Å². The van der Waals surface area contributed by atoms with E-state index >= 15 is 0 Å². The Balaban J connectivity index is 2.32. The highest BCUT2D eigenvalue weighted by Crippen LogP contribution is 2.46. The third-order valence-electron chi connectivity index (χ3n) is 4.37. The molecule has 0 bridgehead atoms. The maximum Gasteiger partial charge on any atom is 0.306 e. The van der Waals surface area contributed by atoms with Crippen molar-refractivity contribution in [2.24, 2.45) is 17.8 Å². The highest BCUT2D eigenvalue weighted by Gasteiger charge is 2.42. The highest BCUT2D eigenvalue weighted by atomic mass is 35.5. The summed E-state index contributed by atoms with van der Waals surface area (Å²) < 4.78 is 26.4. The Morgan fingerprint density at radius 3 is 2.57 bits per heavy atom. The molecule has 4 unspecified atom stereocenters. The molecule has 1 aromatic carbocycles. The molecule has 21 heavy (non-hydrogen) atoms. The fourth-order valence-corrected chi connectivity index (χ4v) is 3.40. The quantitative estimate of drug-likeness (QED) is 0.830. The van der Waals surface area contributed by atoms with Crippen LogP contribution in [0.3, 0.4) is 0 Å². The Labute approximate surface area is 126 Å². The van der Waals surface area contributed by atoms with E-state index < -0.39 is 35.5 Å². The molecule has 0 aliphatic heterocycles. The number of aliphatic carboxylic acids is 1. The summed E-state index contributed by atoms with van der Waals surface area (Å²) in [7, 11) is 0. The Morgan fingerprint density at radius 1 is 1.38 bits per heavy atom. The Hall–Kier alpha value is -1.20. The molecular formula is C15H17ClF2O3. The SMILES string of the molecule is CCC1CC(C(=O)O)C(C(O)c2cc(F)c(F)cc2Cl)C1. The third-order valence-corrected chi connectivity index (χ3v) is 4.70. The van der Waals surface area contributed by atoms with Crippen molar-refractivity contribution in [3.8, 4) is 0 Å². The topological polar surface area (TPSA) is 57.5 Å². The fourth-order valence-electron chi connectivity index (χ4n) is 3.14. The predicted molar refractivity (Wildman–Crippen MR) is 74.0 cm³/mol. The third kappa shape index (κ3) is 3.19. The van der Waals surface area contributed by atoms with E-state index in [1.54, 1.807) is 0 Å². The lowest BCUT2D eigenvalue weighted by Gasteiger charge is -2.23.